The molecule has 2 N–H and O–H groups in total. The average molecular weight is 231 g/mol. The van der Waals surface area contributed by atoms with Gasteiger partial charge in [-0.15, -0.1) is 0 Å². The molecule has 0 unspecified atom stereocenters. The lowest BCUT2D eigenvalue weighted by Gasteiger charge is -2.13. The maximum absolute atomic E-state index is 5.88. The molecule has 0 aliphatic carbocycles. The molecule has 0 spiro atoms. The Balaban J connectivity index is 2.60. The fourth-order valence-corrected chi connectivity index (χ4v) is 1.91. The summed E-state index contributed by atoms with van der Waals surface area (Å²) >= 11 is 0. The van der Waals surface area contributed by atoms with Crippen molar-refractivity contribution in [2.24, 2.45) is 0 Å². The second-order valence-corrected chi connectivity index (χ2v) is 4.19. The first-order valence-electron chi connectivity index (χ1n) is 5.78. The molecule has 0 radical (unpaired) electrons. The standard InChI is InChI=1S/C12H17N5/c1-4-9-11(14-7-15-12(9)13)10-5-6-16-17(10)8(2)3/h5-8H,4H2,1-3H3,(H2,13,14,15). The molecule has 0 bridgehead atoms. The van der Waals surface area contributed by atoms with Gasteiger partial charge < -0.3 is 5.73 Å². The second-order valence-electron chi connectivity index (χ2n) is 4.19. The van der Waals surface area contributed by atoms with E-state index in [0.29, 0.717) is 11.9 Å². The number of anilines is 1. The summed E-state index contributed by atoms with van der Waals surface area (Å²) in [6.07, 6.45) is 4.10. The van der Waals surface area contributed by atoms with E-state index in [4.69, 9.17) is 5.73 Å². The highest BCUT2D eigenvalue weighted by molar-refractivity contribution is 5.64. The van der Waals surface area contributed by atoms with E-state index in [9.17, 15) is 0 Å². The molecule has 17 heavy (non-hydrogen) atoms. The first-order chi connectivity index (χ1) is 8.15. The molecule has 2 aromatic rings. The van der Waals surface area contributed by atoms with Gasteiger partial charge >= 0.3 is 0 Å². The van der Waals surface area contributed by atoms with Crippen molar-refractivity contribution in [2.75, 3.05) is 5.73 Å². The van der Waals surface area contributed by atoms with Crippen LogP contribution in [0.3, 0.4) is 0 Å². The van der Waals surface area contributed by atoms with Gasteiger partial charge in [0.2, 0.25) is 0 Å². The summed E-state index contributed by atoms with van der Waals surface area (Å²) in [5, 5.41) is 4.31. The topological polar surface area (TPSA) is 69.6 Å². The van der Waals surface area contributed by atoms with Crippen LogP contribution in [-0.4, -0.2) is 19.7 Å². The summed E-state index contributed by atoms with van der Waals surface area (Å²) in [7, 11) is 0. The largest absolute Gasteiger partial charge is 0.383 e. The fraction of sp³-hybridized carbons (Fsp3) is 0.417. The second kappa shape index (κ2) is 4.53. The third kappa shape index (κ3) is 2.00. The number of nitrogens with two attached hydrogens (primary N) is 1. The van der Waals surface area contributed by atoms with Crippen LogP contribution in [0.5, 0.6) is 0 Å². The van der Waals surface area contributed by atoms with Gasteiger partial charge in [-0.3, -0.25) is 4.68 Å². The minimum absolute atomic E-state index is 0.292. The molecule has 2 rings (SSSR count). The molecule has 0 fully saturated rings. The van der Waals surface area contributed by atoms with Crippen LogP contribution >= 0.6 is 0 Å². The molecule has 0 saturated heterocycles. The predicted octanol–water partition coefficient (Wildman–Crippen LogP) is 2.07. The number of aromatic nitrogens is 4. The van der Waals surface area contributed by atoms with E-state index in [1.807, 2.05) is 10.7 Å². The van der Waals surface area contributed by atoms with Crippen molar-refractivity contribution in [3.63, 3.8) is 0 Å². The van der Waals surface area contributed by atoms with Crippen molar-refractivity contribution in [3.8, 4) is 11.4 Å². The van der Waals surface area contributed by atoms with Crippen LogP contribution in [0.2, 0.25) is 0 Å². The Morgan fingerprint density at radius 2 is 2.12 bits per heavy atom. The van der Waals surface area contributed by atoms with Crippen molar-refractivity contribution in [1.29, 1.82) is 0 Å². The Kier molecular flexibility index (Phi) is 3.08. The van der Waals surface area contributed by atoms with Crippen LogP contribution in [0.25, 0.3) is 11.4 Å². The van der Waals surface area contributed by atoms with E-state index in [2.05, 4.69) is 35.8 Å². The summed E-state index contributed by atoms with van der Waals surface area (Å²) in [5.41, 5.74) is 8.74. The molecule has 5 nitrogen and oxygen atoms in total. The summed E-state index contributed by atoms with van der Waals surface area (Å²) in [5.74, 6) is 0.550. The molecular formula is C12H17N5. The monoisotopic (exact) mass is 231 g/mol. The van der Waals surface area contributed by atoms with Crippen molar-refractivity contribution in [3.05, 3.63) is 24.2 Å². The van der Waals surface area contributed by atoms with Gasteiger partial charge in [-0.25, -0.2) is 9.97 Å². The third-order valence-electron chi connectivity index (χ3n) is 2.73. The number of rotatable bonds is 3. The van der Waals surface area contributed by atoms with Crippen molar-refractivity contribution in [2.45, 2.75) is 33.2 Å². The molecule has 0 aliphatic heterocycles. The van der Waals surface area contributed by atoms with Crippen LogP contribution in [0.1, 0.15) is 32.4 Å². The average Bonchev–Trinajstić information content (AvgIpc) is 2.77. The van der Waals surface area contributed by atoms with Gasteiger partial charge in [0.25, 0.3) is 0 Å². The zero-order valence-corrected chi connectivity index (χ0v) is 10.4. The molecule has 0 atom stereocenters. The molecule has 5 heteroatoms. The zero-order valence-electron chi connectivity index (χ0n) is 10.4. The van der Waals surface area contributed by atoms with Crippen LogP contribution in [0.15, 0.2) is 18.6 Å². The smallest absolute Gasteiger partial charge is 0.130 e. The Labute approximate surface area is 101 Å². The summed E-state index contributed by atoms with van der Waals surface area (Å²) in [6, 6.07) is 2.25. The first-order valence-corrected chi connectivity index (χ1v) is 5.78. The molecule has 90 valence electrons. The number of hydrogen-bond acceptors (Lipinski definition) is 4. The SMILES string of the molecule is CCc1c(N)ncnc1-c1ccnn1C(C)C. The molecular weight excluding hydrogens is 214 g/mol. The van der Waals surface area contributed by atoms with Crippen LogP contribution in [0.4, 0.5) is 5.82 Å². The van der Waals surface area contributed by atoms with E-state index in [1.165, 1.54) is 6.33 Å². The molecule has 0 aromatic carbocycles. The van der Waals surface area contributed by atoms with Gasteiger partial charge in [0.1, 0.15) is 12.1 Å². The molecule has 0 saturated carbocycles. The van der Waals surface area contributed by atoms with E-state index < -0.39 is 0 Å². The fourth-order valence-electron chi connectivity index (χ4n) is 1.91. The highest BCUT2D eigenvalue weighted by Crippen LogP contribution is 2.26. The van der Waals surface area contributed by atoms with Gasteiger partial charge in [0, 0.05) is 17.8 Å². The zero-order chi connectivity index (χ0) is 12.4. The van der Waals surface area contributed by atoms with Crippen molar-refractivity contribution < 1.29 is 0 Å². The van der Waals surface area contributed by atoms with Crippen molar-refractivity contribution in [1.82, 2.24) is 19.7 Å². The maximum Gasteiger partial charge on any atom is 0.130 e. The normalized spacial score (nSPS) is 11.1. The lowest BCUT2D eigenvalue weighted by Crippen LogP contribution is -2.08. The van der Waals surface area contributed by atoms with Crippen LogP contribution < -0.4 is 5.73 Å². The van der Waals surface area contributed by atoms with E-state index >= 15 is 0 Å². The Bertz CT molecular complexity index is 515. The summed E-state index contributed by atoms with van der Waals surface area (Å²) < 4.78 is 1.95. The van der Waals surface area contributed by atoms with Gasteiger partial charge in [-0.1, -0.05) is 6.92 Å². The lowest BCUT2D eigenvalue weighted by molar-refractivity contribution is 0.537. The van der Waals surface area contributed by atoms with E-state index in [-0.39, 0.29) is 0 Å². The molecule has 2 heterocycles. The van der Waals surface area contributed by atoms with Crippen molar-refractivity contribution >= 4 is 5.82 Å². The predicted molar refractivity (Wildman–Crippen MR) is 67.4 cm³/mol. The first kappa shape index (κ1) is 11.6. The number of nitrogen functional groups attached to an aromatic ring is 1. The maximum atomic E-state index is 5.88. The molecule has 2 aromatic heterocycles. The van der Waals surface area contributed by atoms with E-state index in [0.717, 1.165) is 23.4 Å². The lowest BCUT2D eigenvalue weighted by atomic mass is 10.1. The molecule has 0 aliphatic rings. The van der Waals surface area contributed by atoms with Crippen LogP contribution in [0, 0.1) is 0 Å². The van der Waals surface area contributed by atoms with E-state index in [1.54, 1.807) is 6.20 Å². The molecule has 0 amide bonds. The number of hydrogen-bond donors (Lipinski definition) is 1. The number of nitrogens with zero attached hydrogens (tertiary/aromatic N) is 4. The van der Waals surface area contributed by atoms with Gasteiger partial charge in [-0.2, -0.15) is 5.10 Å². The Hall–Kier alpha value is -1.91. The van der Waals surface area contributed by atoms with Gasteiger partial charge in [-0.05, 0) is 26.3 Å². The Morgan fingerprint density at radius 3 is 2.76 bits per heavy atom. The van der Waals surface area contributed by atoms with Gasteiger partial charge in [0.05, 0.1) is 11.4 Å². The quantitative estimate of drug-likeness (QED) is 0.877. The summed E-state index contributed by atoms with van der Waals surface area (Å²) in [6.45, 7) is 6.23. The van der Waals surface area contributed by atoms with Crippen LogP contribution in [-0.2, 0) is 6.42 Å². The minimum Gasteiger partial charge on any atom is -0.383 e. The van der Waals surface area contributed by atoms with Gasteiger partial charge in [0.15, 0.2) is 0 Å². The highest BCUT2D eigenvalue weighted by atomic mass is 15.3. The Morgan fingerprint density at radius 1 is 1.35 bits per heavy atom. The summed E-state index contributed by atoms with van der Waals surface area (Å²) in [4.78, 5) is 8.38. The highest BCUT2D eigenvalue weighted by Gasteiger charge is 2.14. The third-order valence-corrected chi connectivity index (χ3v) is 2.73. The minimum atomic E-state index is 0.292.